The van der Waals surface area contributed by atoms with Crippen LogP contribution < -0.4 is 0 Å². The van der Waals surface area contributed by atoms with E-state index in [0.717, 1.165) is 0 Å². The van der Waals surface area contributed by atoms with Gasteiger partial charge in [-0.05, 0) is 75.3 Å². The van der Waals surface area contributed by atoms with Gasteiger partial charge >= 0.3 is 47.8 Å². The number of unbranched alkanes of at least 4 members (excludes halogenated alkanes) is 12. The lowest BCUT2D eigenvalue weighted by Gasteiger charge is -2.62. The lowest BCUT2D eigenvalue weighted by molar-refractivity contribution is -0.223. The first kappa shape index (κ1) is 57.3. The van der Waals surface area contributed by atoms with Crippen LogP contribution in [0.3, 0.4) is 0 Å². The van der Waals surface area contributed by atoms with Crippen LogP contribution in [0, 0.1) is 28.1 Å². The highest BCUT2D eigenvalue weighted by molar-refractivity contribution is 5.88. The standard InChI is InChI=1S/C51H72O16/c52-41(53)29-17-3-1-15-27-39(45(60)61)51(40(46(62)63)28-16-2-4-18-30-42(54)55,49(47(64)65,35-37-23-11-9-12-24-37)33-21-7-5-19-31-43(56)57)50(48(66)67,36-38-25-13-10-14-26-38)34-22-8-6-20-32-44(58)59/h9-14,23-26,39-40H,1-8,15-22,27-36H2,(H,52,53)(H,54,55)(H,56,57)(H,58,59)(H,60,61)(H,62,63)(H,64,65)(H,66,67). The highest BCUT2D eigenvalue weighted by Crippen LogP contribution is 2.69. The van der Waals surface area contributed by atoms with Crippen molar-refractivity contribution in [2.75, 3.05) is 0 Å². The van der Waals surface area contributed by atoms with Gasteiger partial charge in [0.1, 0.15) is 0 Å². The largest absolute Gasteiger partial charge is 0.481 e. The molecule has 2 aromatic carbocycles. The topological polar surface area (TPSA) is 298 Å². The smallest absolute Gasteiger partial charge is 0.310 e. The minimum Gasteiger partial charge on any atom is -0.481 e. The molecule has 372 valence electrons. The summed E-state index contributed by atoms with van der Waals surface area (Å²) in [4.78, 5) is 105. The van der Waals surface area contributed by atoms with E-state index in [-0.39, 0.29) is 128 Å². The van der Waals surface area contributed by atoms with Gasteiger partial charge in [0.05, 0.1) is 22.7 Å². The zero-order valence-corrected chi connectivity index (χ0v) is 38.7. The summed E-state index contributed by atoms with van der Waals surface area (Å²) in [6.07, 6.45) is 0.612. The Balaban J connectivity index is 3.32. The third-order valence-electron chi connectivity index (χ3n) is 13.6. The van der Waals surface area contributed by atoms with Crippen LogP contribution in [0.2, 0.25) is 0 Å². The van der Waals surface area contributed by atoms with Gasteiger partial charge in [-0.2, -0.15) is 0 Å². The molecule has 0 radical (unpaired) electrons. The van der Waals surface area contributed by atoms with Crippen molar-refractivity contribution in [1.29, 1.82) is 0 Å². The maximum Gasteiger partial charge on any atom is 0.310 e. The molecule has 0 spiro atoms. The minimum atomic E-state index is -2.66. The number of carboxylic acid groups (broad SMARTS) is 8. The molecular formula is C51H72O16. The van der Waals surface area contributed by atoms with Crippen LogP contribution in [0.5, 0.6) is 0 Å². The van der Waals surface area contributed by atoms with Crippen molar-refractivity contribution in [2.24, 2.45) is 28.1 Å². The monoisotopic (exact) mass is 940 g/mol. The van der Waals surface area contributed by atoms with Crippen molar-refractivity contribution >= 4 is 47.8 Å². The zero-order valence-electron chi connectivity index (χ0n) is 38.7. The molecule has 0 aliphatic rings. The number of rotatable bonds is 40. The van der Waals surface area contributed by atoms with E-state index in [1.54, 1.807) is 60.7 Å². The van der Waals surface area contributed by atoms with Gasteiger partial charge in [0.15, 0.2) is 0 Å². The number of benzene rings is 2. The van der Waals surface area contributed by atoms with Gasteiger partial charge in [-0.1, -0.05) is 138 Å². The second-order valence-electron chi connectivity index (χ2n) is 18.1. The maximum absolute atomic E-state index is 15.1. The lowest BCUT2D eigenvalue weighted by Crippen LogP contribution is -2.70. The average molecular weight is 941 g/mol. The lowest BCUT2D eigenvalue weighted by atomic mass is 9.37. The molecule has 0 fully saturated rings. The fourth-order valence-electron chi connectivity index (χ4n) is 10.7. The maximum atomic E-state index is 15.1. The number of hydrogen-bond donors (Lipinski definition) is 8. The van der Waals surface area contributed by atoms with Crippen LogP contribution in [0.4, 0.5) is 0 Å². The van der Waals surface area contributed by atoms with Crippen molar-refractivity contribution in [1.82, 2.24) is 0 Å². The summed E-state index contributed by atoms with van der Waals surface area (Å²) in [7, 11) is 0. The van der Waals surface area contributed by atoms with Crippen molar-refractivity contribution in [2.45, 2.75) is 167 Å². The molecule has 0 aliphatic carbocycles. The van der Waals surface area contributed by atoms with Gasteiger partial charge in [-0.15, -0.1) is 0 Å². The van der Waals surface area contributed by atoms with Crippen LogP contribution in [-0.4, -0.2) is 88.6 Å². The predicted molar refractivity (Wildman–Crippen MR) is 246 cm³/mol. The van der Waals surface area contributed by atoms with Crippen LogP contribution in [0.25, 0.3) is 0 Å². The summed E-state index contributed by atoms with van der Waals surface area (Å²) in [5.41, 5.74) is -6.77. The zero-order chi connectivity index (χ0) is 49.9. The Morgan fingerprint density at radius 3 is 0.881 bits per heavy atom. The molecule has 0 amide bonds. The Labute approximate surface area is 392 Å². The summed E-state index contributed by atoms with van der Waals surface area (Å²) in [6.45, 7) is 0. The van der Waals surface area contributed by atoms with E-state index >= 15 is 9.59 Å². The Morgan fingerprint density at radius 1 is 0.358 bits per heavy atom. The molecule has 0 aromatic heterocycles. The molecule has 16 heteroatoms. The van der Waals surface area contributed by atoms with Gasteiger partial charge in [-0.25, -0.2) is 0 Å². The summed E-state index contributed by atoms with van der Waals surface area (Å²) in [6, 6.07) is 16.5. The van der Waals surface area contributed by atoms with Crippen LogP contribution in [-0.2, 0) is 51.2 Å². The molecule has 67 heavy (non-hydrogen) atoms. The summed E-state index contributed by atoms with van der Waals surface area (Å²) < 4.78 is 0. The van der Waals surface area contributed by atoms with Crippen molar-refractivity contribution in [3.63, 3.8) is 0 Å². The van der Waals surface area contributed by atoms with Crippen molar-refractivity contribution in [3.05, 3.63) is 71.8 Å². The molecule has 0 saturated carbocycles. The van der Waals surface area contributed by atoms with E-state index < -0.39 is 88.7 Å². The molecule has 0 heterocycles. The number of carboxylic acids is 8. The van der Waals surface area contributed by atoms with Gasteiger partial charge in [0.2, 0.25) is 0 Å². The Morgan fingerprint density at radius 2 is 0.627 bits per heavy atom. The van der Waals surface area contributed by atoms with Crippen LogP contribution >= 0.6 is 0 Å². The molecule has 16 nitrogen and oxygen atoms in total. The highest BCUT2D eigenvalue weighted by Gasteiger charge is 2.76. The van der Waals surface area contributed by atoms with E-state index in [1.807, 2.05) is 0 Å². The third kappa shape index (κ3) is 17.4. The van der Waals surface area contributed by atoms with Gasteiger partial charge in [0, 0.05) is 31.1 Å². The Hall–Kier alpha value is -5.80. The predicted octanol–water partition coefficient (Wildman–Crippen LogP) is 9.70. The molecule has 2 aromatic rings. The quantitative estimate of drug-likeness (QED) is 0.0288. The van der Waals surface area contributed by atoms with E-state index in [2.05, 4.69) is 0 Å². The van der Waals surface area contributed by atoms with E-state index in [4.69, 9.17) is 0 Å². The number of carbonyl (C=O) groups is 8. The first-order valence-electron chi connectivity index (χ1n) is 23.7. The molecule has 2 rings (SSSR count). The molecule has 4 atom stereocenters. The van der Waals surface area contributed by atoms with Crippen LogP contribution in [0.15, 0.2) is 60.7 Å². The fourth-order valence-corrected chi connectivity index (χ4v) is 10.7. The first-order valence-corrected chi connectivity index (χ1v) is 23.7. The van der Waals surface area contributed by atoms with E-state index in [0.29, 0.717) is 36.8 Å². The SMILES string of the molecule is O=C(O)CCCCCCC(C(=O)O)C(C(CCCCCCC(=O)O)C(=O)O)(C(CCCCCCC(=O)O)(Cc1ccccc1)C(=O)O)C(CCCCCCC(=O)O)(Cc1ccccc1)C(=O)O. The van der Waals surface area contributed by atoms with E-state index in [9.17, 15) is 69.6 Å². The average Bonchev–Trinajstić information content (AvgIpc) is 3.26. The third-order valence-corrected chi connectivity index (χ3v) is 13.6. The second-order valence-corrected chi connectivity index (χ2v) is 18.1. The van der Waals surface area contributed by atoms with E-state index in [1.165, 1.54) is 0 Å². The van der Waals surface area contributed by atoms with Crippen LogP contribution in [0.1, 0.15) is 165 Å². The molecule has 4 unspecified atom stereocenters. The Kier molecular flexibility index (Phi) is 25.5. The fraction of sp³-hybridized carbons (Fsp3) is 0.608. The summed E-state index contributed by atoms with van der Waals surface area (Å²) >= 11 is 0. The number of hydrogen-bond acceptors (Lipinski definition) is 8. The second kappa shape index (κ2) is 29.8. The minimum absolute atomic E-state index is 0.0415. The Bertz CT molecular complexity index is 1750. The normalized spacial score (nSPS) is 14.9. The van der Waals surface area contributed by atoms with Gasteiger partial charge < -0.3 is 40.9 Å². The van der Waals surface area contributed by atoms with Crippen molar-refractivity contribution < 1.29 is 79.2 Å². The molecular weight excluding hydrogens is 869 g/mol. The molecule has 8 N–H and O–H groups in total. The highest BCUT2D eigenvalue weighted by atomic mass is 16.4. The van der Waals surface area contributed by atoms with Gasteiger partial charge in [0.25, 0.3) is 0 Å². The van der Waals surface area contributed by atoms with Crippen molar-refractivity contribution in [3.8, 4) is 0 Å². The molecule has 0 saturated heterocycles. The van der Waals surface area contributed by atoms with Gasteiger partial charge in [-0.3, -0.25) is 38.4 Å². The number of aliphatic carboxylic acids is 8. The molecule has 0 aliphatic heterocycles. The summed E-state index contributed by atoms with van der Waals surface area (Å²) in [5.74, 6) is -14.3. The first-order chi connectivity index (χ1) is 31.9. The molecule has 0 bridgehead atoms. The summed E-state index contributed by atoms with van der Waals surface area (Å²) in [5, 5.41) is 85.3.